The Hall–Kier alpha value is -1.27. The van der Waals surface area contributed by atoms with Crippen LogP contribution in [-0.2, 0) is 4.74 Å². The zero-order valence-electron chi connectivity index (χ0n) is 16.4. The molecule has 5 nitrogen and oxygen atoms in total. The van der Waals surface area contributed by atoms with Gasteiger partial charge in [0.2, 0.25) is 0 Å². The summed E-state index contributed by atoms with van der Waals surface area (Å²) in [4.78, 5) is 15.5. The van der Waals surface area contributed by atoms with Crippen LogP contribution in [0.5, 0.6) is 0 Å². The van der Waals surface area contributed by atoms with Crippen molar-refractivity contribution >= 4 is 46.4 Å². The maximum atomic E-state index is 12.8. The number of likely N-dealkylation sites (tertiary alicyclic amines) is 1. The number of nitrogen functional groups attached to an aromatic ring is 1. The Kier molecular flexibility index (Phi) is 6.12. The summed E-state index contributed by atoms with van der Waals surface area (Å²) in [6, 6.07) is 3.43. The Balaban J connectivity index is 0.00000205. The van der Waals surface area contributed by atoms with Gasteiger partial charge in [-0.3, -0.25) is 4.79 Å². The Morgan fingerprint density at radius 2 is 1.97 bits per heavy atom. The molecule has 5 rings (SSSR count). The minimum absolute atomic E-state index is 0. The van der Waals surface area contributed by atoms with Gasteiger partial charge in [0, 0.05) is 44.7 Å². The molecule has 1 aliphatic carbocycles. The molecule has 2 unspecified atom stereocenters. The predicted octanol–water partition coefficient (Wildman–Crippen LogP) is 4.66. The van der Waals surface area contributed by atoms with Gasteiger partial charge in [-0.05, 0) is 55.1 Å². The highest BCUT2D eigenvalue weighted by Gasteiger charge is 2.54. The summed E-state index contributed by atoms with van der Waals surface area (Å²) < 4.78 is 11.0. The third-order valence-corrected chi connectivity index (χ3v) is 7.35. The number of carbonyl (C=O) groups is 1. The lowest BCUT2D eigenvalue weighted by Crippen LogP contribution is -2.33. The average Bonchev–Trinajstić information content (AvgIpc) is 3.07. The molecule has 2 N–H and O–H groups in total. The highest BCUT2D eigenvalue weighted by atomic mass is 35.5. The molecule has 7 heteroatoms. The van der Waals surface area contributed by atoms with Crippen LogP contribution in [-0.4, -0.2) is 43.5 Å². The standard InChI is InChI=1S/C22H27ClN2O3.ClH/c23-19-9-16(22-15(21(19)24)5-8-28-22)20(26)2-1-14-17-11-25(12-18(14)17)10-13-3-6-27-7-4-13;/h5,8-9,13-14,17-18H,1-4,6-7,10-12,24H2;1H. The number of carbonyl (C=O) groups excluding carboxylic acids is 1. The van der Waals surface area contributed by atoms with Crippen molar-refractivity contribution in [2.45, 2.75) is 25.7 Å². The molecule has 3 fully saturated rings. The van der Waals surface area contributed by atoms with E-state index in [0.717, 1.165) is 42.8 Å². The zero-order valence-corrected chi connectivity index (χ0v) is 18.0. The largest absolute Gasteiger partial charge is 0.463 e. The number of ketones is 1. The number of piperidine rings is 1. The first-order valence-electron chi connectivity index (χ1n) is 10.4. The third-order valence-electron chi connectivity index (χ3n) is 7.04. The van der Waals surface area contributed by atoms with Gasteiger partial charge in [0.25, 0.3) is 0 Å². The minimum atomic E-state index is 0. The molecule has 0 amide bonds. The van der Waals surface area contributed by atoms with E-state index in [0.29, 0.717) is 34.2 Å². The van der Waals surface area contributed by atoms with Crippen LogP contribution < -0.4 is 5.73 Å². The molecule has 1 aromatic carbocycles. The van der Waals surface area contributed by atoms with E-state index >= 15 is 0 Å². The fraction of sp³-hybridized carbons (Fsp3) is 0.591. The molecule has 0 spiro atoms. The number of furan rings is 1. The molecule has 29 heavy (non-hydrogen) atoms. The SMILES string of the molecule is Cl.Nc1c(Cl)cc(C(=O)CCC2C3CN(CC4CCOCC4)CC23)c2occc12. The number of fused-ring (bicyclic) bond motifs is 2. The van der Waals surface area contributed by atoms with E-state index in [2.05, 4.69) is 4.90 Å². The molecule has 1 aromatic heterocycles. The smallest absolute Gasteiger partial charge is 0.166 e. The average molecular weight is 439 g/mol. The van der Waals surface area contributed by atoms with E-state index in [1.54, 1.807) is 18.4 Å². The van der Waals surface area contributed by atoms with Crippen molar-refractivity contribution in [1.82, 2.24) is 4.90 Å². The van der Waals surface area contributed by atoms with Crippen LogP contribution >= 0.6 is 24.0 Å². The van der Waals surface area contributed by atoms with Crippen molar-refractivity contribution < 1.29 is 13.9 Å². The molecule has 2 aromatic rings. The second-order valence-corrected chi connectivity index (χ2v) is 9.12. The van der Waals surface area contributed by atoms with E-state index in [4.69, 9.17) is 26.5 Å². The molecule has 1 saturated carbocycles. The van der Waals surface area contributed by atoms with Crippen molar-refractivity contribution in [3.63, 3.8) is 0 Å². The van der Waals surface area contributed by atoms with Crippen LogP contribution in [0.1, 0.15) is 36.0 Å². The van der Waals surface area contributed by atoms with Crippen LogP contribution in [0.15, 0.2) is 22.8 Å². The van der Waals surface area contributed by atoms with E-state index in [1.807, 2.05) is 0 Å². The molecule has 3 heterocycles. The Morgan fingerprint density at radius 3 is 2.69 bits per heavy atom. The second-order valence-electron chi connectivity index (χ2n) is 8.71. The summed E-state index contributed by atoms with van der Waals surface area (Å²) in [7, 11) is 0. The third kappa shape index (κ3) is 4.02. The van der Waals surface area contributed by atoms with Crippen molar-refractivity contribution in [1.29, 1.82) is 0 Å². The first kappa shape index (κ1) is 21.0. The number of halogens is 2. The topological polar surface area (TPSA) is 68.7 Å². The normalized spacial score (nSPS) is 27.0. The van der Waals surface area contributed by atoms with Gasteiger partial charge in [0.05, 0.1) is 22.5 Å². The number of benzene rings is 1. The Morgan fingerprint density at radius 1 is 1.24 bits per heavy atom. The molecule has 2 atom stereocenters. The van der Waals surface area contributed by atoms with E-state index < -0.39 is 0 Å². The van der Waals surface area contributed by atoms with Gasteiger partial charge in [-0.2, -0.15) is 0 Å². The lowest BCUT2D eigenvalue weighted by Gasteiger charge is -2.28. The highest BCUT2D eigenvalue weighted by Crippen LogP contribution is 2.54. The quantitative estimate of drug-likeness (QED) is 0.524. The summed E-state index contributed by atoms with van der Waals surface area (Å²) >= 11 is 6.21. The second kappa shape index (κ2) is 8.46. The van der Waals surface area contributed by atoms with Crippen molar-refractivity contribution in [2.75, 3.05) is 38.6 Å². The maximum Gasteiger partial charge on any atom is 0.166 e. The van der Waals surface area contributed by atoms with E-state index in [9.17, 15) is 4.79 Å². The van der Waals surface area contributed by atoms with Crippen LogP contribution in [0.2, 0.25) is 5.02 Å². The van der Waals surface area contributed by atoms with Gasteiger partial charge in [0.1, 0.15) is 5.58 Å². The van der Waals surface area contributed by atoms with Gasteiger partial charge < -0.3 is 19.8 Å². The number of rotatable bonds is 6. The lowest BCUT2D eigenvalue weighted by atomic mass is 9.99. The molecular weight excluding hydrogens is 411 g/mol. The predicted molar refractivity (Wildman–Crippen MR) is 117 cm³/mol. The summed E-state index contributed by atoms with van der Waals surface area (Å²) in [5, 5.41) is 1.15. The number of hydrogen-bond donors (Lipinski definition) is 1. The molecule has 0 bridgehead atoms. The molecule has 158 valence electrons. The monoisotopic (exact) mass is 438 g/mol. The number of hydrogen-bond acceptors (Lipinski definition) is 5. The molecule has 0 radical (unpaired) electrons. The Bertz CT molecular complexity index is 882. The van der Waals surface area contributed by atoms with Gasteiger partial charge in [-0.15, -0.1) is 12.4 Å². The van der Waals surface area contributed by atoms with E-state index in [-0.39, 0.29) is 18.2 Å². The van der Waals surface area contributed by atoms with Gasteiger partial charge in [-0.1, -0.05) is 11.6 Å². The number of nitrogens with zero attached hydrogens (tertiary/aromatic N) is 1. The minimum Gasteiger partial charge on any atom is -0.463 e. The number of ether oxygens (including phenoxy) is 1. The summed E-state index contributed by atoms with van der Waals surface area (Å²) in [5.41, 5.74) is 7.59. The highest BCUT2D eigenvalue weighted by molar-refractivity contribution is 6.35. The lowest BCUT2D eigenvalue weighted by molar-refractivity contribution is 0.0535. The fourth-order valence-electron chi connectivity index (χ4n) is 5.38. The number of nitrogens with two attached hydrogens (primary N) is 1. The number of anilines is 1. The van der Waals surface area contributed by atoms with Crippen molar-refractivity contribution in [2.24, 2.45) is 23.7 Å². The fourth-order valence-corrected chi connectivity index (χ4v) is 5.59. The van der Waals surface area contributed by atoms with E-state index in [1.165, 1.54) is 32.5 Å². The van der Waals surface area contributed by atoms with Gasteiger partial charge in [-0.25, -0.2) is 0 Å². The van der Waals surface area contributed by atoms with Crippen LogP contribution in [0, 0.1) is 23.7 Å². The first-order chi connectivity index (χ1) is 13.6. The van der Waals surface area contributed by atoms with Crippen LogP contribution in [0.3, 0.4) is 0 Å². The molecule has 2 aliphatic heterocycles. The summed E-state index contributed by atoms with van der Waals surface area (Å²) in [6.45, 7) is 5.48. The van der Waals surface area contributed by atoms with Gasteiger partial charge in [0.15, 0.2) is 5.78 Å². The van der Waals surface area contributed by atoms with Crippen molar-refractivity contribution in [3.8, 4) is 0 Å². The number of Topliss-reactive ketones (excluding diaryl/α,β-unsaturated/α-hetero) is 1. The summed E-state index contributed by atoms with van der Waals surface area (Å²) in [6.07, 6.45) is 5.48. The first-order valence-corrected chi connectivity index (χ1v) is 10.8. The zero-order chi connectivity index (χ0) is 19.3. The molecule has 2 saturated heterocycles. The molecular formula is C22H28Cl2N2O3. The van der Waals surface area contributed by atoms with Crippen LogP contribution in [0.4, 0.5) is 5.69 Å². The Labute approximate surface area is 182 Å². The van der Waals surface area contributed by atoms with Crippen LogP contribution in [0.25, 0.3) is 11.0 Å². The maximum absolute atomic E-state index is 12.8. The van der Waals surface area contributed by atoms with Crippen molar-refractivity contribution in [3.05, 3.63) is 29.0 Å². The summed E-state index contributed by atoms with van der Waals surface area (Å²) in [5.74, 6) is 3.17. The van der Waals surface area contributed by atoms with Gasteiger partial charge >= 0.3 is 0 Å². The molecule has 3 aliphatic rings.